The molecule has 0 aromatic heterocycles. The van der Waals surface area contributed by atoms with E-state index in [2.05, 4.69) is 0 Å². The second-order valence-corrected chi connectivity index (χ2v) is 5.34. The summed E-state index contributed by atoms with van der Waals surface area (Å²) in [6.07, 6.45) is 0. The van der Waals surface area contributed by atoms with Crippen molar-refractivity contribution in [2.24, 2.45) is 0 Å². The summed E-state index contributed by atoms with van der Waals surface area (Å²) in [5.41, 5.74) is 0.495. The summed E-state index contributed by atoms with van der Waals surface area (Å²) in [6, 6.07) is 13.9. The molecule has 108 valence electrons. The van der Waals surface area contributed by atoms with Gasteiger partial charge in [0.2, 0.25) is 0 Å². The van der Waals surface area contributed by atoms with Gasteiger partial charge in [0.05, 0.1) is 11.1 Å². The van der Waals surface area contributed by atoms with Crippen molar-refractivity contribution in [3.05, 3.63) is 59.7 Å². The Labute approximate surface area is 144 Å². The van der Waals surface area contributed by atoms with Crippen LogP contribution >= 0.6 is 0 Å². The molecule has 0 heterocycles. The van der Waals surface area contributed by atoms with Gasteiger partial charge in [-0.25, -0.2) is 9.59 Å². The van der Waals surface area contributed by atoms with Crippen LogP contribution in [0.3, 0.4) is 0 Å². The normalized spacial score (nSPS) is 11.0. The smallest absolute Gasteiger partial charge is 1.00 e. The van der Waals surface area contributed by atoms with Crippen LogP contribution in [-0.2, 0) is 0 Å². The summed E-state index contributed by atoms with van der Waals surface area (Å²) in [5, 5.41) is 23.7. The molecule has 0 amide bonds. The first-order valence-electron chi connectivity index (χ1n) is 6.74. The Bertz CT molecular complexity index is 937. The molecule has 4 aromatic carbocycles. The van der Waals surface area contributed by atoms with Gasteiger partial charge in [-0.15, -0.1) is 0 Å². The summed E-state index contributed by atoms with van der Waals surface area (Å²) < 4.78 is 0. The van der Waals surface area contributed by atoms with Gasteiger partial charge >= 0.3 is 30.8 Å². The Kier molecular flexibility index (Phi) is 3.52. The monoisotopic (exact) mass is 298 g/mol. The zero-order valence-corrected chi connectivity index (χ0v) is 12.3. The number of benzene rings is 4. The molecule has 0 aliphatic rings. The number of hydrogen-bond donors (Lipinski definition) is 2. The van der Waals surface area contributed by atoms with Crippen LogP contribution in [0, 0.1) is 0 Å². The van der Waals surface area contributed by atoms with Crippen molar-refractivity contribution in [3.63, 3.8) is 0 Å². The molecule has 0 aliphatic heterocycles. The van der Waals surface area contributed by atoms with E-state index in [-0.39, 0.29) is 31.4 Å². The molecule has 5 heteroatoms. The molecule has 0 saturated heterocycles. The summed E-state index contributed by atoms with van der Waals surface area (Å²) in [5.74, 6) is -1.92. The van der Waals surface area contributed by atoms with Crippen LogP contribution < -0.4 is 18.9 Å². The number of aromatic carboxylic acids is 2. The average Bonchev–Trinajstić information content (AvgIpc) is 2.51. The molecule has 2 N–H and O–H groups in total. The quantitative estimate of drug-likeness (QED) is 0.429. The summed E-state index contributed by atoms with van der Waals surface area (Å²) >= 11 is 0. The van der Waals surface area contributed by atoms with Crippen LogP contribution in [0.4, 0.5) is 0 Å². The fourth-order valence-corrected chi connectivity index (χ4v) is 3.08. The second-order valence-electron chi connectivity index (χ2n) is 5.34. The predicted molar refractivity (Wildman–Crippen MR) is 85.2 cm³/mol. The fourth-order valence-electron chi connectivity index (χ4n) is 3.08. The molecule has 4 rings (SSSR count). The Morgan fingerprint density at radius 2 is 0.913 bits per heavy atom. The maximum atomic E-state index is 11.2. The first kappa shape index (κ1) is 15.4. The molecule has 0 aliphatic carbocycles. The van der Waals surface area contributed by atoms with Crippen LogP contribution in [0.5, 0.6) is 0 Å². The van der Waals surface area contributed by atoms with E-state index in [0.717, 1.165) is 32.3 Å². The van der Waals surface area contributed by atoms with Crippen molar-refractivity contribution in [2.75, 3.05) is 0 Å². The predicted octanol–water partition coefficient (Wildman–Crippen LogP) is 1.10. The molecule has 23 heavy (non-hydrogen) atoms. The molecule has 0 fully saturated rings. The number of carboxylic acids is 2. The second kappa shape index (κ2) is 5.27. The molecule has 0 saturated carbocycles. The van der Waals surface area contributed by atoms with E-state index in [0.29, 0.717) is 0 Å². The van der Waals surface area contributed by atoms with Gasteiger partial charge in [-0.1, -0.05) is 24.3 Å². The van der Waals surface area contributed by atoms with Crippen LogP contribution in [0.1, 0.15) is 22.1 Å². The number of carbonyl (C=O) groups is 2. The van der Waals surface area contributed by atoms with Crippen molar-refractivity contribution < 1.29 is 40.1 Å². The maximum absolute atomic E-state index is 11.2. The molecule has 0 bridgehead atoms. The van der Waals surface area contributed by atoms with Gasteiger partial charge in [0.25, 0.3) is 0 Å². The molecular weight excluding hydrogens is 287 g/mol. The van der Waals surface area contributed by atoms with Gasteiger partial charge in [0.15, 0.2) is 0 Å². The zero-order chi connectivity index (χ0) is 15.4. The third-order valence-corrected chi connectivity index (χ3v) is 4.03. The number of hydrogen-bond acceptors (Lipinski definition) is 2. The Hall–Kier alpha value is -2.54. The molecule has 0 radical (unpaired) electrons. The van der Waals surface area contributed by atoms with E-state index in [4.69, 9.17) is 0 Å². The third kappa shape index (κ3) is 2.24. The minimum Gasteiger partial charge on any atom is -1.00 e. The van der Waals surface area contributed by atoms with Crippen LogP contribution in [0.15, 0.2) is 48.5 Å². The summed E-state index contributed by atoms with van der Waals surface area (Å²) in [7, 11) is 0. The largest absolute Gasteiger partial charge is 1.00 e. The van der Waals surface area contributed by atoms with Gasteiger partial charge in [0.1, 0.15) is 0 Å². The fraction of sp³-hybridized carbons (Fsp3) is 0. The first-order chi connectivity index (χ1) is 10.5. The average molecular weight is 298 g/mol. The van der Waals surface area contributed by atoms with Crippen molar-refractivity contribution in [2.45, 2.75) is 0 Å². The number of carboxylic acid groups (broad SMARTS) is 2. The molecule has 0 unspecified atom stereocenters. The summed E-state index contributed by atoms with van der Waals surface area (Å²) in [4.78, 5) is 22.4. The van der Waals surface area contributed by atoms with E-state index < -0.39 is 11.9 Å². The zero-order valence-electron chi connectivity index (χ0n) is 13.3. The van der Waals surface area contributed by atoms with Crippen molar-refractivity contribution in [1.29, 1.82) is 0 Å². The van der Waals surface area contributed by atoms with Crippen LogP contribution in [0.2, 0.25) is 0 Å². The van der Waals surface area contributed by atoms with Gasteiger partial charge < -0.3 is 11.6 Å². The van der Waals surface area contributed by atoms with Gasteiger partial charge in [-0.2, -0.15) is 0 Å². The SMILES string of the molecule is O=C(O)c1cc2ccc3cc(C(=O)O)cc4ccc(c1)c2c34.[H-].[Li+]. The van der Waals surface area contributed by atoms with Gasteiger partial charge in [-0.05, 0) is 56.6 Å². The van der Waals surface area contributed by atoms with E-state index in [1.54, 1.807) is 24.3 Å². The number of rotatable bonds is 2. The molecular formula is C18H11LiO4. The summed E-state index contributed by atoms with van der Waals surface area (Å²) in [6.45, 7) is 0. The topological polar surface area (TPSA) is 74.6 Å². The first-order valence-corrected chi connectivity index (χ1v) is 6.74. The van der Waals surface area contributed by atoms with Gasteiger partial charge in [0, 0.05) is 0 Å². The van der Waals surface area contributed by atoms with Crippen molar-refractivity contribution >= 4 is 44.3 Å². The molecule has 0 spiro atoms. The van der Waals surface area contributed by atoms with Crippen LogP contribution in [0.25, 0.3) is 32.3 Å². The van der Waals surface area contributed by atoms with E-state index in [1.165, 1.54) is 0 Å². The van der Waals surface area contributed by atoms with Gasteiger partial charge in [-0.3, -0.25) is 0 Å². The minimum atomic E-state index is -0.960. The minimum absolute atomic E-state index is 0. The Morgan fingerprint density at radius 3 is 1.13 bits per heavy atom. The maximum Gasteiger partial charge on any atom is 1.00 e. The third-order valence-electron chi connectivity index (χ3n) is 4.03. The van der Waals surface area contributed by atoms with Crippen molar-refractivity contribution in [1.82, 2.24) is 0 Å². The van der Waals surface area contributed by atoms with E-state index in [1.807, 2.05) is 24.3 Å². The molecule has 4 aromatic rings. The molecule has 4 nitrogen and oxygen atoms in total. The Balaban J connectivity index is 0.00000104. The Morgan fingerprint density at radius 1 is 0.652 bits per heavy atom. The standard InChI is InChI=1S/C18H10O4.Li.H/c19-17(20)13-5-9-1-2-10-6-14(18(21)22)8-12-4-3-11(7-13)15(9)16(10)12;;/h1-8H,(H,19,20)(H,21,22);;/q;+1;-1. The molecule has 0 atom stereocenters. The van der Waals surface area contributed by atoms with E-state index in [9.17, 15) is 19.8 Å². The van der Waals surface area contributed by atoms with E-state index >= 15 is 0 Å². The van der Waals surface area contributed by atoms with Crippen LogP contribution in [-0.4, -0.2) is 22.2 Å². The van der Waals surface area contributed by atoms with Crippen molar-refractivity contribution in [3.8, 4) is 0 Å².